The number of nitrogens with one attached hydrogen (secondary N) is 2. The maximum Gasteiger partial charge on any atom is 0.139 e. The monoisotopic (exact) mass is 224 g/mol. The van der Waals surface area contributed by atoms with Crippen LogP contribution in [0.25, 0.3) is 10.9 Å². The lowest BCUT2D eigenvalue weighted by molar-refractivity contribution is 0.478. The first-order chi connectivity index (χ1) is 8.34. The van der Waals surface area contributed by atoms with E-state index in [2.05, 4.69) is 10.3 Å². The van der Waals surface area contributed by atoms with Crippen molar-refractivity contribution in [2.24, 2.45) is 0 Å². The number of aromatic nitrogens is 1. The maximum atomic E-state index is 9.72. The van der Waals surface area contributed by atoms with E-state index in [4.69, 9.17) is 0 Å². The normalized spacial score (nSPS) is 10.6. The van der Waals surface area contributed by atoms with Gasteiger partial charge in [0, 0.05) is 22.8 Å². The van der Waals surface area contributed by atoms with Crippen molar-refractivity contribution in [1.82, 2.24) is 4.98 Å². The molecule has 0 saturated carbocycles. The van der Waals surface area contributed by atoms with Crippen molar-refractivity contribution >= 4 is 22.3 Å². The Hall–Kier alpha value is -2.42. The molecule has 1 aromatic heterocycles. The Morgan fingerprint density at radius 1 is 0.882 bits per heavy atom. The quantitative estimate of drug-likeness (QED) is 0.582. The van der Waals surface area contributed by atoms with Crippen molar-refractivity contribution in [1.29, 1.82) is 0 Å². The lowest BCUT2D eigenvalue weighted by Crippen LogP contribution is -1.90. The lowest BCUT2D eigenvalue weighted by Gasteiger charge is -2.09. The molecule has 17 heavy (non-hydrogen) atoms. The molecule has 2 aromatic carbocycles. The molecule has 0 amide bonds. The summed E-state index contributed by atoms with van der Waals surface area (Å²) in [6, 6.07) is 15.2. The number of hydrogen-bond donors (Lipinski definition) is 3. The van der Waals surface area contributed by atoms with Gasteiger partial charge in [-0.1, -0.05) is 18.2 Å². The summed E-state index contributed by atoms with van der Waals surface area (Å²) in [5.74, 6) is 0.250. The number of phenols is 1. The number of phenolic OH excluding ortho intramolecular Hbond substituents is 1. The summed E-state index contributed by atoms with van der Waals surface area (Å²) >= 11 is 0. The number of rotatable bonds is 2. The van der Waals surface area contributed by atoms with E-state index >= 15 is 0 Å². The van der Waals surface area contributed by atoms with Crippen LogP contribution in [0, 0.1) is 0 Å². The van der Waals surface area contributed by atoms with E-state index in [0.29, 0.717) is 5.69 Å². The Labute approximate surface area is 98.7 Å². The Balaban J connectivity index is 2.06. The van der Waals surface area contributed by atoms with Gasteiger partial charge in [-0.15, -0.1) is 0 Å². The number of para-hydroxylation sites is 2. The van der Waals surface area contributed by atoms with Crippen LogP contribution in [0.3, 0.4) is 0 Å². The lowest BCUT2D eigenvalue weighted by atomic mass is 10.2. The molecular formula is C14H12N2O. The van der Waals surface area contributed by atoms with Gasteiger partial charge in [-0.2, -0.15) is 0 Å². The molecular weight excluding hydrogens is 212 g/mol. The zero-order chi connectivity index (χ0) is 11.7. The van der Waals surface area contributed by atoms with Crippen molar-refractivity contribution in [2.75, 3.05) is 5.32 Å². The van der Waals surface area contributed by atoms with E-state index in [0.717, 1.165) is 16.6 Å². The van der Waals surface area contributed by atoms with Gasteiger partial charge < -0.3 is 15.4 Å². The predicted octanol–water partition coefficient (Wildman–Crippen LogP) is 3.62. The molecule has 3 heteroatoms. The standard InChI is InChI=1S/C14H12N2O/c17-14-7-2-1-4-13(14)16-12-6-3-5-11-10(12)8-9-15-11/h1-9,15-17H. The summed E-state index contributed by atoms with van der Waals surface area (Å²) in [5.41, 5.74) is 2.76. The van der Waals surface area contributed by atoms with Gasteiger partial charge in [-0.25, -0.2) is 0 Å². The minimum Gasteiger partial charge on any atom is -0.506 e. The molecule has 0 aliphatic heterocycles. The summed E-state index contributed by atoms with van der Waals surface area (Å²) in [6.07, 6.45) is 1.90. The molecule has 0 fully saturated rings. The second-order valence-corrected chi connectivity index (χ2v) is 3.89. The fourth-order valence-corrected chi connectivity index (χ4v) is 1.92. The summed E-state index contributed by atoms with van der Waals surface area (Å²) in [5, 5.41) is 14.1. The first-order valence-electron chi connectivity index (χ1n) is 5.46. The number of H-pyrrole nitrogens is 1. The molecule has 0 radical (unpaired) electrons. The van der Waals surface area contributed by atoms with Crippen molar-refractivity contribution in [3.05, 3.63) is 54.7 Å². The molecule has 0 saturated heterocycles. The third-order valence-corrected chi connectivity index (χ3v) is 2.77. The van der Waals surface area contributed by atoms with E-state index in [-0.39, 0.29) is 5.75 Å². The largest absolute Gasteiger partial charge is 0.506 e. The van der Waals surface area contributed by atoms with Gasteiger partial charge in [0.1, 0.15) is 5.75 Å². The zero-order valence-corrected chi connectivity index (χ0v) is 9.14. The molecule has 3 N–H and O–H groups in total. The molecule has 0 spiro atoms. The van der Waals surface area contributed by atoms with Gasteiger partial charge >= 0.3 is 0 Å². The van der Waals surface area contributed by atoms with Crippen LogP contribution in [0.1, 0.15) is 0 Å². The number of fused-ring (bicyclic) bond motifs is 1. The van der Waals surface area contributed by atoms with Crippen molar-refractivity contribution in [3.63, 3.8) is 0 Å². The summed E-state index contributed by atoms with van der Waals surface area (Å²) < 4.78 is 0. The smallest absolute Gasteiger partial charge is 0.139 e. The highest BCUT2D eigenvalue weighted by Crippen LogP contribution is 2.29. The second-order valence-electron chi connectivity index (χ2n) is 3.89. The van der Waals surface area contributed by atoms with Crippen LogP contribution in [0.4, 0.5) is 11.4 Å². The van der Waals surface area contributed by atoms with Crippen molar-refractivity contribution in [2.45, 2.75) is 0 Å². The molecule has 0 atom stereocenters. The average Bonchev–Trinajstić information content (AvgIpc) is 2.81. The fraction of sp³-hybridized carbons (Fsp3) is 0. The van der Waals surface area contributed by atoms with Crippen molar-refractivity contribution < 1.29 is 5.11 Å². The number of aromatic hydroxyl groups is 1. The highest BCUT2D eigenvalue weighted by Gasteiger charge is 2.04. The zero-order valence-electron chi connectivity index (χ0n) is 9.14. The number of benzene rings is 2. The summed E-state index contributed by atoms with van der Waals surface area (Å²) in [4.78, 5) is 3.16. The molecule has 84 valence electrons. The number of aromatic amines is 1. The molecule has 0 unspecified atom stereocenters. The minimum atomic E-state index is 0.250. The van der Waals surface area contributed by atoms with E-state index in [1.807, 2.05) is 42.6 Å². The van der Waals surface area contributed by atoms with Crippen LogP contribution < -0.4 is 5.32 Å². The van der Waals surface area contributed by atoms with Crippen LogP contribution in [-0.4, -0.2) is 10.1 Å². The Morgan fingerprint density at radius 2 is 1.71 bits per heavy atom. The van der Waals surface area contributed by atoms with Gasteiger partial charge in [0.25, 0.3) is 0 Å². The molecule has 0 aliphatic rings. The highest BCUT2D eigenvalue weighted by atomic mass is 16.3. The van der Waals surface area contributed by atoms with Crippen LogP contribution in [0.5, 0.6) is 5.75 Å². The van der Waals surface area contributed by atoms with Crippen LogP contribution in [0.2, 0.25) is 0 Å². The molecule has 3 rings (SSSR count). The number of hydrogen-bond acceptors (Lipinski definition) is 2. The first-order valence-corrected chi connectivity index (χ1v) is 5.46. The van der Waals surface area contributed by atoms with E-state index in [1.165, 1.54) is 0 Å². The van der Waals surface area contributed by atoms with Crippen molar-refractivity contribution in [3.8, 4) is 5.75 Å². The van der Waals surface area contributed by atoms with Crippen LogP contribution in [-0.2, 0) is 0 Å². The van der Waals surface area contributed by atoms with E-state index in [1.54, 1.807) is 12.1 Å². The first kappa shape index (κ1) is 9.78. The Morgan fingerprint density at radius 3 is 2.59 bits per heavy atom. The average molecular weight is 224 g/mol. The Kier molecular flexibility index (Phi) is 2.22. The SMILES string of the molecule is Oc1ccccc1Nc1cccc2[nH]ccc12. The van der Waals surface area contributed by atoms with Gasteiger partial charge in [0.2, 0.25) is 0 Å². The molecule has 0 aliphatic carbocycles. The summed E-state index contributed by atoms with van der Waals surface area (Å²) in [6.45, 7) is 0. The summed E-state index contributed by atoms with van der Waals surface area (Å²) in [7, 11) is 0. The Bertz CT molecular complexity index is 658. The van der Waals surface area contributed by atoms with E-state index < -0.39 is 0 Å². The fourth-order valence-electron chi connectivity index (χ4n) is 1.92. The topological polar surface area (TPSA) is 48.0 Å². The van der Waals surface area contributed by atoms with Gasteiger partial charge in [-0.05, 0) is 30.3 Å². The second kappa shape index (κ2) is 3.87. The molecule has 3 nitrogen and oxygen atoms in total. The third-order valence-electron chi connectivity index (χ3n) is 2.77. The van der Waals surface area contributed by atoms with Crippen LogP contribution >= 0.6 is 0 Å². The maximum absolute atomic E-state index is 9.72. The molecule has 3 aromatic rings. The van der Waals surface area contributed by atoms with Crippen LogP contribution in [0.15, 0.2) is 54.7 Å². The number of anilines is 2. The molecule has 1 heterocycles. The van der Waals surface area contributed by atoms with E-state index in [9.17, 15) is 5.11 Å². The third kappa shape index (κ3) is 1.72. The highest BCUT2D eigenvalue weighted by molar-refractivity contribution is 5.94. The van der Waals surface area contributed by atoms with Gasteiger partial charge in [0.15, 0.2) is 0 Å². The minimum absolute atomic E-state index is 0.250. The van der Waals surface area contributed by atoms with Gasteiger partial charge in [0.05, 0.1) is 5.69 Å². The predicted molar refractivity (Wildman–Crippen MR) is 69.7 cm³/mol. The molecule has 0 bridgehead atoms. The van der Waals surface area contributed by atoms with Gasteiger partial charge in [-0.3, -0.25) is 0 Å².